The van der Waals surface area contributed by atoms with Crippen molar-refractivity contribution in [1.29, 1.82) is 0 Å². The van der Waals surface area contributed by atoms with Gasteiger partial charge in [0.2, 0.25) is 4.80 Å². The van der Waals surface area contributed by atoms with Crippen LogP contribution in [-0.2, 0) is 7.05 Å². The highest BCUT2D eigenvalue weighted by Crippen LogP contribution is 2.21. The molecule has 0 amide bonds. The van der Waals surface area contributed by atoms with Crippen LogP contribution in [0.4, 0.5) is 0 Å². The summed E-state index contributed by atoms with van der Waals surface area (Å²) in [7, 11) is 1.99. The Bertz CT molecular complexity index is 890. The third kappa shape index (κ3) is 3.60. The van der Waals surface area contributed by atoms with Gasteiger partial charge in [-0.25, -0.2) is 0 Å². The number of hydrogen-bond donors (Lipinski definition) is 0. The number of hydrogen-bond acceptors (Lipinski definition) is 3. The summed E-state index contributed by atoms with van der Waals surface area (Å²) in [5.74, 6) is 0. The van der Waals surface area contributed by atoms with Crippen LogP contribution < -0.4 is 4.80 Å². The Balaban J connectivity index is 1.94. The largest absolute Gasteiger partial charge is 0.318 e. The Hall–Kier alpha value is -2.17. The molecule has 2 aromatic carbocycles. The Morgan fingerprint density at radius 2 is 1.74 bits per heavy atom. The van der Waals surface area contributed by atoms with Gasteiger partial charge in [-0.15, -0.1) is 16.4 Å². The van der Waals surface area contributed by atoms with Crippen LogP contribution in [0.3, 0.4) is 0 Å². The summed E-state index contributed by atoms with van der Waals surface area (Å²) in [4.78, 5) is 0.852. The van der Waals surface area contributed by atoms with Crippen molar-refractivity contribution in [2.24, 2.45) is 17.3 Å². The number of benzene rings is 2. The highest BCUT2D eigenvalue weighted by Gasteiger charge is 2.04. The smallest absolute Gasteiger partial charge is 0.210 e. The van der Waals surface area contributed by atoms with E-state index in [0.717, 1.165) is 32.4 Å². The Morgan fingerprint density at radius 3 is 2.43 bits per heavy atom. The molecular formula is C18H16ClN3S. The fourth-order valence-corrected chi connectivity index (χ4v) is 3.18. The molecule has 0 fully saturated rings. The van der Waals surface area contributed by atoms with Crippen LogP contribution in [0.2, 0.25) is 5.02 Å². The Morgan fingerprint density at radius 1 is 1.04 bits per heavy atom. The van der Waals surface area contributed by atoms with E-state index in [9.17, 15) is 0 Å². The summed E-state index contributed by atoms with van der Waals surface area (Å²) < 4.78 is 2.04. The zero-order valence-corrected chi connectivity index (χ0v) is 14.5. The first-order chi connectivity index (χ1) is 11.1. The summed E-state index contributed by atoms with van der Waals surface area (Å²) in [6.07, 6.45) is 0. The van der Waals surface area contributed by atoms with Gasteiger partial charge in [-0.1, -0.05) is 54.1 Å². The molecule has 0 aliphatic heterocycles. The van der Waals surface area contributed by atoms with E-state index in [1.54, 1.807) is 11.3 Å². The monoisotopic (exact) mass is 341 g/mol. The second-order valence-electron chi connectivity index (χ2n) is 5.12. The lowest BCUT2D eigenvalue weighted by atomic mass is 10.1. The van der Waals surface area contributed by atoms with Crippen LogP contribution in [0, 0.1) is 0 Å². The minimum atomic E-state index is 0.736. The van der Waals surface area contributed by atoms with Crippen LogP contribution in [0.25, 0.3) is 11.3 Å². The van der Waals surface area contributed by atoms with Gasteiger partial charge >= 0.3 is 0 Å². The van der Waals surface area contributed by atoms with Gasteiger partial charge in [0, 0.05) is 17.5 Å². The van der Waals surface area contributed by atoms with Crippen molar-refractivity contribution in [3.8, 4) is 11.3 Å². The average molecular weight is 342 g/mol. The second-order valence-corrected chi connectivity index (χ2v) is 6.39. The predicted molar refractivity (Wildman–Crippen MR) is 98.0 cm³/mol. The summed E-state index contributed by atoms with van der Waals surface area (Å²) in [5, 5.41) is 11.6. The van der Waals surface area contributed by atoms with Crippen molar-refractivity contribution in [3.63, 3.8) is 0 Å². The molecule has 0 atom stereocenters. The first-order valence-corrected chi connectivity index (χ1v) is 8.45. The molecular weight excluding hydrogens is 326 g/mol. The van der Waals surface area contributed by atoms with Crippen LogP contribution in [0.5, 0.6) is 0 Å². The molecule has 1 aromatic heterocycles. The minimum Gasteiger partial charge on any atom is -0.318 e. The quantitative estimate of drug-likeness (QED) is 0.487. The molecule has 0 aliphatic rings. The number of halogens is 1. The molecule has 0 saturated heterocycles. The summed E-state index contributed by atoms with van der Waals surface area (Å²) in [6, 6.07) is 17.8. The van der Waals surface area contributed by atoms with Crippen LogP contribution in [-0.4, -0.2) is 10.3 Å². The first-order valence-electron chi connectivity index (χ1n) is 7.19. The molecule has 0 saturated carbocycles. The summed E-state index contributed by atoms with van der Waals surface area (Å²) in [5.41, 5.74) is 4.18. The van der Waals surface area contributed by atoms with Gasteiger partial charge < -0.3 is 4.57 Å². The lowest BCUT2D eigenvalue weighted by molar-refractivity contribution is 0.863. The maximum Gasteiger partial charge on any atom is 0.210 e. The lowest BCUT2D eigenvalue weighted by Crippen LogP contribution is -2.11. The van der Waals surface area contributed by atoms with Gasteiger partial charge in [-0.3, -0.25) is 0 Å². The van der Waals surface area contributed by atoms with Crippen molar-refractivity contribution in [2.45, 2.75) is 6.92 Å². The van der Waals surface area contributed by atoms with Gasteiger partial charge in [0.25, 0.3) is 0 Å². The molecule has 1 heterocycles. The molecule has 0 N–H and O–H groups in total. The van der Waals surface area contributed by atoms with E-state index in [1.165, 1.54) is 0 Å². The molecule has 0 bridgehead atoms. The van der Waals surface area contributed by atoms with Crippen LogP contribution in [0.15, 0.2) is 70.2 Å². The Kier molecular flexibility index (Phi) is 4.74. The lowest BCUT2D eigenvalue weighted by Gasteiger charge is -2.02. The molecule has 0 spiro atoms. The topological polar surface area (TPSA) is 29.6 Å². The normalized spacial score (nSPS) is 12.7. The molecule has 5 heteroatoms. The van der Waals surface area contributed by atoms with Crippen molar-refractivity contribution >= 4 is 28.6 Å². The number of nitrogens with zero attached hydrogens (tertiary/aromatic N) is 3. The van der Waals surface area contributed by atoms with E-state index in [1.807, 2.05) is 73.1 Å². The molecule has 0 unspecified atom stereocenters. The van der Waals surface area contributed by atoms with Gasteiger partial charge in [-0.05, 0) is 30.2 Å². The Labute approximate surface area is 144 Å². The highest BCUT2D eigenvalue weighted by atomic mass is 35.5. The standard InChI is InChI=1S/C18H16ClN3S/c1-13(14-6-4-3-5-7-14)20-21-18-22(2)17(12-23-18)15-8-10-16(19)11-9-15/h3-12H,1-2H3. The van der Waals surface area contributed by atoms with Crippen molar-refractivity contribution in [2.75, 3.05) is 0 Å². The molecule has 3 nitrogen and oxygen atoms in total. The maximum absolute atomic E-state index is 5.95. The van der Waals surface area contributed by atoms with Crippen molar-refractivity contribution in [3.05, 3.63) is 75.4 Å². The van der Waals surface area contributed by atoms with Crippen LogP contribution >= 0.6 is 22.9 Å². The molecule has 0 aliphatic carbocycles. The molecule has 23 heavy (non-hydrogen) atoms. The van der Waals surface area contributed by atoms with Gasteiger partial charge in [-0.2, -0.15) is 5.10 Å². The number of thiazole rings is 1. The fraction of sp³-hybridized carbons (Fsp3) is 0.111. The van der Waals surface area contributed by atoms with E-state index >= 15 is 0 Å². The summed E-state index contributed by atoms with van der Waals surface area (Å²) in [6.45, 7) is 1.96. The highest BCUT2D eigenvalue weighted by molar-refractivity contribution is 7.07. The molecule has 3 aromatic rings. The van der Waals surface area contributed by atoms with E-state index in [-0.39, 0.29) is 0 Å². The minimum absolute atomic E-state index is 0.736. The van der Waals surface area contributed by atoms with Crippen LogP contribution in [0.1, 0.15) is 12.5 Å². The predicted octanol–water partition coefficient (Wildman–Crippen LogP) is 4.73. The average Bonchev–Trinajstić information content (AvgIpc) is 2.95. The van der Waals surface area contributed by atoms with Gasteiger partial charge in [0.15, 0.2) is 0 Å². The third-order valence-corrected chi connectivity index (χ3v) is 4.70. The van der Waals surface area contributed by atoms with E-state index in [0.29, 0.717) is 0 Å². The maximum atomic E-state index is 5.95. The molecule has 116 valence electrons. The summed E-state index contributed by atoms with van der Waals surface area (Å²) >= 11 is 7.52. The molecule has 0 radical (unpaired) electrons. The number of aromatic nitrogens is 1. The SMILES string of the molecule is CC(=NN=c1scc(-c2ccc(Cl)cc2)n1C)c1ccccc1. The first kappa shape index (κ1) is 15.7. The van der Waals surface area contributed by atoms with Crippen molar-refractivity contribution in [1.82, 2.24) is 4.57 Å². The van der Waals surface area contributed by atoms with E-state index in [2.05, 4.69) is 15.6 Å². The van der Waals surface area contributed by atoms with Crippen molar-refractivity contribution < 1.29 is 0 Å². The van der Waals surface area contributed by atoms with E-state index < -0.39 is 0 Å². The van der Waals surface area contributed by atoms with Gasteiger partial charge in [0.05, 0.1) is 11.4 Å². The number of rotatable bonds is 3. The zero-order valence-electron chi connectivity index (χ0n) is 12.9. The fourth-order valence-electron chi connectivity index (χ4n) is 2.20. The molecule has 3 rings (SSSR count). The van der Waals surface area contributed by atoms with E-state index in [4.69, 9.17) is 11.6 Å². The zero-order chi connectivity index (χ0) is 16.2. The van der Waals surface area contributed by atoms with Gasteiger partial charge in [0.1, 0.15) is 0 Å². The second kappa shape index (κ2) is 6.94. The third-order valence-electron chi connectivity index (χ3n) is 3.54.